The monoisotopic (exact) mass is 391 g/mol. The second-order valence-corrected chi connectivity index (χ2v) is 6.41. The molecular weight excluding hydrogens is 373 g/mol. The summed E-state index contributed by atoms with van der Waals surface area (Å²) in [4.78, 5) is 0. The van der Waals surface area contributed by atoms with Crippen LogP contribution < -0.4 is 5.32 Å². The molecule has 0 aliphatic carbocycles. The Morgan fingerprint density at radius 1 is 1.10 bits per heavy atom. The van der Waals surface area contributed by atoms with Crippen molar-refractivity contribution in [3.63, 3.8) is 0 Å². The van der Waals surface area contributed by atoms with Gasteiger partial charge in [0.1, 0.15) is 11.3 Å². The summed E-state index contributed by atoms with van der Waals surface area (Å²) < 4.78 is 7.32. The Morgan fingerprint density at radius 2 is 1.81 bits per heavy atom. The van der Waals surface area contributed by atoms with Crippen LogP contribution in [0.25, 0.3) is 11.0 Å². The molecule has 3 heteroatoms. The van der Waals surface area contributed by atoms with Gasteiger partial charge in [-0.05, 0) is 66.3 Å². The summed E-state index contributed by atoms with van der Waals surface area (Å²) in [5, 5.41) is 4.75. The van der Waals surface area contributed by atoms with E-state index in [4.69, 9.17) is 4.42 Å². The van der Waals surface area contributed by atoms with Crippen molar-refractivity contribution in [1.82, 2.24) is 0 Å². The van der Waals surface area contributed by atoms with Gasteiger partial charge < -0.3 is 9.73 Å². The van der Waals surface area contributed by atoms with Gasteiger partial charge >= 0.3 is 0 Å². The van der Waals surface area contributed by atoms with E-state index in [0.29, 0.717) is 0 Å². The van der Waals surface area contributed by atoms with Crippen LogP contribution in [-0.2, 0) is 6.42 Å². The minimum atomic E-state index is 0.146. The first-order valence-electron chi connectivity index (χ1n) is 7.21. The van der Waals surface area contributed by atoms with Crippen molar-refractivity contribution < 1.29 is 4.42 Å². The fourth-order valence-corrected chi connectivity index (χ4v) is 3.05. The maximum atomic E-state index is 6.08. The highest BCUT2D eigenvalue weighted by Crippen LogP contribution is 2.32. The Bertz CT molecular complexity index is 746. The van der Waals surface area contributed by atoms with Gasteiger partial charge in [0.2, 0.25) is 0 Å². The topological polar surface area (TPSA) is 25.2 Å². The van der Waals surface area contributed by atoms with Crippen molar-refractivity contribution in [2.45, 2.75) is 26.3 Å². The molecule has 0 saturated heterocycles. The average Bonchev–Trinajstić information content (AvgIpc) is 2.88. The standard InChI is InChI=1S/C18H18INO/c1-3-15-16-6-4-5-7-17(16)21-18(15)12(2)20-14-10-8-13(19)9-11-14/h4-12,20H,3H2,1-2H3. The van der Waals surface area contributed by atoms with Crippen molar-refractivity contribution in [2.75, 3.05) is 5.32 Å². The first kappa shape index (κ1) is 14.4. The zero-order valence-corrected chi connectivity index (χ0v) is 14.3. The van der Waals surface area contributed by atoms with Crippen LogP contribution in [0.1, 0.15) is 31.2 Å². The van der Waals surface area contributed by atoms with Crippen LogP contribution in [0.5, 0.6) is 0 Å². The van der Waals surface area contributed by atoms with Gasteiger partial charge in [-0.2, -0.15) is 0 Å². The number of fused-ring (bicyclic) bond motifs is 1. The van der Waals surface area contributed by atoms with Crippen LogP contribution in [0, 0.1) is 3.57 Å². The fourth-order valence-electron chi connectivity index (χ4n) is 2.69. The lowest BCUT2D eigenvalue weighted by molar-refractivity contribution is 0.520. The van der Waals surface area contributed by atoms with Crippen LogP contribution in [0.2, 0.25) is 0 Å². The lowest BCUT2D eigenvalue weighted by Crippen LogP contribution is -2.07. The first-order valence-corrected chi connectivity index (χ1v) is 8.29. The van der Waals surface area contributed by atoms with Crippen molar-refractivity contribution in [2.24, 2.45) is 0 Å². The van der Waals surface area contributed by atoms with Crippen molar-refractivity contribution in [1.29, 1.82) is 0 Å². The number of benzene rings is 2. The lowest BCUT2D eigenvalue weighted by Gasteiger charge is -2.14. The Morgan fingerprint density at radius 3 is 2.52 bits per heavy atom. The summed E-state index contributed by atoms with van der Waals surface area (Å²) in [5.41, 5.74) is 3.39. The smallest absolute Gasteiger partial charge is 0.134 e. The molecule has 1 unspecified atom stereocenters. The molecule has 0 fully saturated rings. The van der Waals surface area contributed by atoms with Gasteiger partial charge in [0.25, 0.3) is 0 Å². The highest BCUT2D eigenvalue weighted by atomic mass is 127. The van der Waals surface area contributed by atoms with Crippen LogP contribution in [0.4, 0.5) is 5.69 Å². The number of rotatable bonds is 4. The van der Waals surface area contributed by atoms with Crippen LogP contribution in [-0.4, -0.2) is 0 Å². The van der Waals surface area contributed by atoms with Gasteiger partial charge in [0.15, 0.2) is 0 Å². The molecular formula is C18H18INO. The van der Waals surface area contributed by atoms with Gasteiger partial charge in [-0.3, -0.25) is 0 Å². The van der Waals surface area contributed by atoms with Crippen LogP contribution in [0.3, 0.4) is 0 Å². The maximum absolute atomic E-state index is 6.08. The van der Waals surface area contributed by atoms with Gasteiger partial charge in [0.05, 0.1) is 6.04 Å². The molecule has 2 aromatic carbocycles. The second kappa shape index (κ2) is 6.10. The molecule has 0 saturated carbocycles. The zero-order valence-electron chi connectivity index (χ0n) is 12.2. The number of anilines is 1. The van der Waals surface area contributed by atoms with Crippen molar-refractivity contribution in [3.05, 3.63) is 63.4 Å². The summed E-state index contributed by atoms with van der Waals surface area (Å²) >= 11 is 2.32. The number of hydrogen-bond donors (Lipinski definition) is 1. The van der Waals surface area contributed by atoms with Crippen molar-refractivity contribution in [3.8, 4) is 0 Å². The number of nitrogens with one attached hydrogen (secondary N) is 1. The van der Waals surface area contributed by atoms with E-state index in [1.807, 2.05) is 12.1 Å². The molecule has 2 nitrogen and oxygen atoms in total. The molecule has 0 aliphatic heterocycles. The van der Waals surface area contributed by atoms with Gasteiger partial charge in [-0.25, -0.2) is 0 Å². The van der Waals surface area contributed by atoms with Crippen molar-refractivity contribution >= 4 is 39.2 Å². The van der Waals surface area contributed by atoms with Gasteiger partial charge in [0, 0.05) is 20.2 Å². The average molecular weight is 391 g/mol. The van der Waals surface area contributed by atoms with Crippen LogP contribution >= 0.6 is 22.6 Å². The molecule has 3 aromatic rings. The first-order chi connectivity index (χ1) is 10.2. The molecule has 0 bridgehead atoms. The lowest BCUT2D eigenvalue weighted by atomic mass is 10.0. The van der Waals surface area contributed by atoms with E-state index in [0.717, 1.165) is 23.5 Å². The van der Waals surface area contributed by atoms with E-state index in [1.54, 1.807) is 0 Å². The molecule has 21 heavy (non-hydrogen) atoms. The third-order valence-electron chi connectivity index (χ3n) is 3.70. The molecule has 0 amide bonds. The number of para-hydroxylation sites is 1. The molecule has 1 heterocycles. The third kappa shape index (κ3) is 2.93. The Labute approximate surface area is 138 Å². The second-order valence-electron chi connectivity index (χ2n) is 5.17. The largest absolute Gasteiger partial charge is 0.459 e. The molecule has 0 radical (unpaired) electrons. The minimum absolute atomic E-state index is 0.146. The van der Waals surface area contributed by atoms with E-state index in [1.165, 1.54) is 14.5 Å². The number of aryl methyl sites for hydroxylation is 1. The summed E-state index contributed by atoms with van der Waals surface area (Å²) in [6.07, 6.45) is 0.977. The minimum Gasteiger partial charge on any atom is -0.459 e. The fraction of sp³-hybridized carbons (Fsp3) is 0.222. The molecule has 3 rings (SSSR count). The number of hydrogen-bond acceptors (Lipinski definition) is 2. The molecule has 0 aliphatic rings. The molecule has 1 N–H and O–H groups in total. The molecule has 0 spiro atoms. The summed E-state index contributed by atoms with van der Waals surface area (Å²) in [6, 6.07) is 16.8. The highest BCUT2D eigenvalue weighted by Gasteiger charge is 2.17. The van der Waals surface area contributed by atoms with Gasteiger partial charge in [-0.1, -0.05) is 25.1 Å². The SMILES string of the molecule is CCc1c(C(C)Nc2ccc(I)cc2)oc2ccccc12. The summed E-state index contributed by atoms with van der Waals surface area (Å²) in [7, 11) is 0. The van der Waals surface area contributed by atoms with E-state index in [9.17, 15) is 0 Å². The van der Waals surface area contributed by atoms with E-state index < -0.39 is 0 Å². The molecule has 1 aromatic heterocycles. The summed E-state index contributed by atoms with van der Waals surface area (Å²) in [6.45, 7) is 4.33. The Hall–Kier alpha value is -1.49. The van der Waals surface area contributed by atoms with Crippen LogP contribution in [0.15, 0.2) is 52.9 Å². The highest BCUT2D eigenvalue weighted by molar-refractivity contribution is 14.1. The molecule has 1 atom stereocenters. The Balaban J connectivity index is 1.93. The normalized spacial score (nSPS) is 12.5. The number of halogens is 1. The number of furan rings is 1. The van der Waals surface area contributed by atoms with E-state index in [-0.39, 0.29) is 6.04 Å². The van der Waals surface area contributed by atoms with E-state index in [2.05, 4.69) is 78.2 Å². The third-order valence-corrected chi connectivity index (χ3v) is 4.42. The predicted molar refractivity (Wildman–Crippen MR) is 96.8 cm³/mol. The zero-order chi connectivity index (χ0) is 14.8. The maximum Gasteiger partial charge on any atom is 0.134 e. The van der Waals surface area contributed by atoms with E-state index >= 15 is 0 Å². The quantitative estimate of drug-likeness (QED) is 0.571. The Kier molecular flexibility index (Phi) is 4.19. The van der Waals surface area contributed by atoms with Gasteiger partial charge in [-0.15, -0.1) is 0 Å². The molecule has 108 valence electrons. The summed E-state index contributed by atoms with van der Waals surface area (Å²) in [5.74, 6) is 1.04. The predicted octanol–water partition coefficient (Wildman–Crippen LogP) is 5.77.